The van der Waals surface area contributed by atoms with E-state index in [0.717, 1.165) is 4.57 Å². The molecule has 11 nitrogen and oxygen atoms in total. The molecule has 11 heteroatoms. The first kappa shape index (κ1) is 22.2. The van der Waals surface area contributed by atoms with E-state index in [1.54, 1.807) is 13.8 Å². The summed E-state index contributed by atoms with van der Waals surface area (Å²) in [5, 5.41) is 28.9. The maximum absolute atomic E-state index is 12.2. The lowest BCUT2D eigenvalue weighted by atomic mass is 9.95. The third-order valence-corrected chi connectivity index (χ3v) is 4.20. The second-order valence-electron chi connectivity index (χ2n) is 7.47. The molecule has 1 aliphatic heterocycles. The topological polar surface area (TPSA) is 152 Å². The molecule has 1 fully saturated rings. The Morgan fingerprint density at radius 2 is 2.07 bits per heavy atom. The van der Waals surface area contributed by atoms with Gasteiger partial charge in [-0.25, -0.2) is 15.1 Å². The van der Waals surface area contributed by atoms with Crippen LogP contribution in [-0.4, -0.2) is 68.5 Å². The molecule has 0 bridgehead atoms. The van der Waals surface area contributed by atoms with Gasteiger partial charge in [-0.3, -0.25) is 4.57 Å². The van der Waals surface area contributed by atoms with Crippen molar-refractivity contribution in [3.8, 4) is 0 Å². The summed E-state index contributed by atoms with van der Waals surface area (Å²) in [7, 11) is 0. The Balaban J connectivity index is 2.01. The van der Waals surface area contributed by atoms with Crippen molar-refractivity contribution in [1.82, 2.24) is 9.55 Å². The van der Waals surface area contributed by atoms with Crippen molar-refractivity contribution < 1.29 is 34.4 Å². The molecule has 4 atom stereocenters. The average Bonchev–Trinajstić information content (AvgIpc) is 2.92. The van der Waals surface area contributed by atoms with Crippen LogP contribution < -0.4 is 11.2 Å². The van der Waals surface area contributed by atoms with Gasteiger partial charge >= 0.3 is 11.7 Å². The van der Waals surface area contributed by atoms with Crippen LogP contribution in [0.15, 0.2) is 17.1 Å². The van der Waals surface area contributed by atoms with Crippen LogP contribution in [0.2, 0.25) is 0 Å². The van der Waals surface area contributed by atoms with Crippen molar-refractivity contribution in [1.29, 1.82) is 0 Å². The SMILES string of the molecule is CC(C)OCC(C)(C)C(=O)ONc1ccn([C@@H]2O[C@H](CO)[C@@H](O)[C@H]2O)c(=O)n1. The smallest absolute Gasteiger partial charge is 0.351 e. The summed E-state index contributed by atoms with van der Waals surface area (Å²) >= 11 is 0. The molecule has 2 rings (SSSR count). The lowest BCUT2D eigenvalue weighted by molar-refractivity contribution is -0.155. The lowest BCUT2D eigenvalue weighted by Crippen LogP contribution is -2.36. The third-order valence-electron chi connectivity index (χ3n) is 4.20. The van der Waals surface area contributed by atoms with E-state index >= 15 is 0 Å². The van der Waals surface area contributed by atoms with Crippen molar-refractivity contribution in [2.45, 2.75) is 58.3 Å². The number of anilines is 1. The highest BCUT2D eigenvalue weighted by molar-refractivity contribution is 5.76. The molecular formula is C17H27N3O8. The number of hydrogen-bond donors (Lipinski definition) is 4. The molecule has 4 N–H and O–H groups in total. The summed E-state index contributed by atoms with van der Waals surface area (Å²) in [4.78, 5) is 33.1. The van der Waals surface area contributed by atoms with Crippen molar-refractivity contribution >= 4 is 11.8 Å². The van der Waals surface area contributed by atoms with E-state index in [2.05, 4.69) is 10.5 Å². The van der Waals surface area contributed by atoms with Crippen LogP contribution >= 0.6 is 0 Å². The second kappa shape index (κ2) is 8.97. The highest BCUT2D eigenvalue weighted by Crippen LogP contribution is 2.28. The Hall–Kier alpha value is -2.05. The highest BCUT2D eigenvalue weighted by Gasteiger charge is 2.43. The van der Waals surface area contributed by atoms with Gasteiger partial charge in [0.15, 0.2) is 12.0 Å². The van der Waals surface area contributed by atoms with Gasteiger partial charge in [-0.15, -0.1) is 0 Å². The summed E-state index contributed by atoms with van der Waals surface area (Å²) < 4.78 is 11.7. The van der Waals surface area contributed by atoms with Gasteiger partial charge in [0.05, 0.1) is 24.7 Å². The molecule has 2 heterocycles. The first-order valence-corrected chi connectivity index (χ1v) is 8.87. The molecule has 0 aliphatic carbocycles. The van der Waals surface area contributed by atoms with Gasteiger partial charge < -0.3 is 29.6 Å². The van der Waals surface area contributed by atoms with Crippen LogP contribution in [0.4, 0.5) is 5.82 Å². The molecule has 1 saturated heterocycles. The summed E-state index contributed by atoms with van der Waals surface area (Å²) in [5.41, 5.74) is 0.594. The zero-order valence-corrected chi connectivity index (χ0v) is 16.2. The van der Waals surface area contributed by atoms with Gasteiger partial charge in [0.1, 0.15) is 18.3 Å². The molecule has 1 aromatic rings. The van der Waals surface area contributed by atoms with Gasteiger partial charge in [0.25, 0.3) is 0 Å². The number of aliphatic hydroxyl groups is 3. The summed E-state index contributed by atoms with van der Waals surface area (Å²) in [6.45, 7) is 6.67. The van der Waals surface area contributed by atoms with Gasteiger partial charge in [0.2, 0.25) is 0 Å². The minimum atomic E-state index is -1.41. The molecule has 28 heavy (non-hydrogen) atoms. The molecule has 0 aromatic carbocycles. The van der Waals surface area contributed by atoms with Gasteiger partial charge in [-0.1, -0.05) is 0 Å². The van der Waals surface area contributed by atoms with Crippen LogP contribution in [0, 0.1) is 5.41 Å². The Bertz CT molecular complexity index is 735. The Labute approximate surface area is 161 Å². The van der Waals surface area contributed by atoms with E-state index < -0.39 is 48.2 Å². The molecule has 0 spiro atoms. The third kappa shape index (κ3) is 5.06. The van der Waals surface area contributed by atoms with E-state index in [1.807, 2.05) is 13.8 Å². The van der Waals surface area contributed by atoms with E-state index in [1.165, 1.54) is 12.3 Å². The van der Waals surface area contributed by atoms with E-state index in [-0.39, 0.29) is 18.5 Å². The predicted octanol–water partition coefficient (Wildman–Crippen LogP) is -0.824. The van der Waals surface area contributed by atoms with Crippen LogP contribution in [0.25, 0.3) is 0 Å². The Morgan fingerprint density at radius 1 is 1.39 bits per heavy atom. The Kier molecular flexibility index (Phi) is 7.12. The normalized spacial score (nSPS) is 25.1. The van der Waals surface area contributed by atoms with Crippen LogP contribution in [-0.2, 0) is 19.1 Å². The second-order valence-corrected chi connectivity index (χ2v) is 7.47. The molecule has 0 amide bonds. The first-order valence-electron chi connectivity index (χ1n) is 8.87. The molecule has 0 unspecified atom stereocenters. The quantitative estimate of drug-likeness (QED) is 0.406. The lowest BCUT2D eigenvalue weighted by Gasteiger charge is -2.23. The molecule has 1 aliphatic rings. The first-order chi connectivity index (χ1) is 13.1. The average molecular weight is 401 g/mol. The fraction of sp³-hybridized carbons (Fsp3) is 0.706. The number of carbonyl (C=O) groups is 1. The number of aromatic nitrogens is 2. The number of nitrogens with one attached hydrogen (secondary N) is 1. The minimum absolute atomic E-state index is 0.0260. The van der Waals surface area contributed by atoms with Crippen LogP contribution in [0.5, 0.6) is 0 Å². The number of nitrogens with zero attached hydrogens (tertiary/aromatic N) is 2. The van der Waals surface area contributed by atoms with E-state index in [0.29, 0.717) is 0 Å². The summed E-state index contributed by atoms with van der Waals surface area (Å²) in [5.74, 6) is -0.621. The molecule has 0 radical (unpaired) electrons. The summed E-state index contributed by atoms with van der Waals surface area (Å²) in [6.07, 6.45) is -3.73. The number of aliphatic hydroxyl groups excluding tert-OH is 3. The number of ether oxygens (including phenoxy) is 2. The van der Waals surface area contributed by atoms with Crippen LogP contribution in [0.3, 0.4) is 0 Å². The monoisotopic (exact) mass is 401 g/mol. The maximum atomic E-state index is 12.2. The fourth-order valence-electron chi connectivity index (χ4n) is 2.44. The number of rotatable bonds is 8. The minimum Gasteiger partial charge on any atom is -0.394 e. The van der Waals surface area contributed by atoms with E-state index in [9.17, 15) is 19.8 Å². The predicted molar refractivity (Wildman–Crippen MR) is 96.1 cm³/mol. The number of carbonyl (C=O) groups excluding carboxylic acids is 1. The molecule has 0 saturated carbocycles. The maximum Gasteiger partial charge on any atom is 0.351 e. The molecular weight excluding hydrogens is 374 g/mol. The van der Waals surface area contributed by atoms with Gasteiger partial charge in [0, 0.05) is 12.3 Å². The zero-order chi connectivity index (χ0) is 21.1. The number of hydrogen-bond acceptors (Lipinski definition) is 10. The highest BCUT2D eigenvalue weighted by atomic mass is 16.7. The summed E-state index contributed by atoms with van der Waals surface area (Å²) in [6, 6.07) is 1.33. The zero-order valence-electron chi connectivity index (χ0n) is 16.2. The van der Waals surface area contributed by atoms with Crippen molar-refractivity contribution in [3.63, 3.8) is 0 Å². The standard InChI is InChI=1S/C17H27N3O8/c1-9(2)26-8-17(3,4)15(24)28-19-11-5-6-20(16(25)18-11)14-13(23)12(22)10(7-21)27-14/h5-6,9-10,12-14,21-23H,7-8H2,1-4H3,(H,18,19,25)/t10-,12-,13-,14-/m1/s1. The largest absolute Gasteiger partial charge is 0.394 e. The van der Waals surface area contributed by atoms with Gasteiger partial charge in [-0.05, 0) is 27.7 Å². The van der Waals surface area contributed by atoms with Crippen LogP contribution in [0.1, 0.15) is 33.9 Å². The molecule has 158 valence electrons. The van der Waals surface area contributed by atoms with Crippen molar-refractivity contribution in [2.24, 2.45) is 5.41 Å². The van der Waals surface area contributed by atoms with Gasteiger partial charge in [-0.2, -0.15) is 4.98 Å². The molecule has 1 aromatic heterocycles. The Morgan fingerprint density at radius 3 is 2.61 bits per heavy atom. The van der Waals surface area contributed by atoms with Crippen molar-refractivity contribution in [2.75, 3.05) is 18.7 Å². The van der Waals surface area contributed by atoms with E-state index in [4.69, 9.17) is 19.4 Å². The fourth-order valence-corrected chi connectivity index (χ4v) is 2.44. The van der Waals surface area contributed by atoms with Crippen molar-refractivity contribution in [3.05, 3.63) is 22.7 Å².